The van der Waals surface area contributed by atoms with Crippen molar-refractivity contribution in [1.82, 2.24) is 0 Å². The smallest absolute Gasteiger partial charge is 0.284 e. The number of hydrogen-bond acceptors (Lipinski definition) is 7. The average molecular weight is 258 g/mol. The maximum absolute atomic E-state index is 11.2. The van der Waals surface area contributed by atoms with Gasteiger partial charge in [0.15, 0.2) is 0 Å². The summed E-state index contributed by atoms with van der Waals surface area (Å²) in [5.41, 5.74) is 5.85. The highest BCUT2D eigenvalue weighted by Crippen LogP contribution is 2.25. The first-order chi connectivity index (χ1) is 9.01. The zero-order valence-corrected chi connectivity index (χ0v) is 9.32. The molecule has 19 heavy (non-hydrogen) atoms. The van der Waals surface area contributed by atoms with Crippen LogP contribution in [0.5, 0.6) is 0 Å². The molecule has 1 aromatic rings. The van der Waals surface area contributed by atoms with Crippen molar-refractivity contribution >= 4 is 23.0 Å². The van der Waals surface area contributed by atoms with Crippen molar-refractivity contribution in [3.63, 3.8) is 0 Å². The molecular weight excluding hydrogens is 252 g/mol. The molecule has 0 spiro atoms. The lowest BCUT2D eigenvalue weighted by atomic mass is 10.1. The highest BCUT2D eigenvalue weighted by atomic mass is 16.6. The van der Waals surface area contributed by atoms with Crippen LogP contribution in [0.2, 0.25) is 0 Å². The number of benzene rings is 1. The zero-order valence-electron chi connectivity index (χ0n) is 9.32. The molecule has 0 saturated heterocycles. The van der Waals surface area contributed by atoms with E-state index in [0.717, 1.165) is 6.07 Å². The SMILES string of the molecule is N#CC(C#N)=NNc1cccc([N+](=O)[O-])c1C(N)=O. The minimum atomic E-state index is -1.03. The number of amides is 1. The molecule has 0 saturated carbocycles. The summed E-state index contributed by atoms with van der Waals surface area (Å²) in [6.07, 6.45) is 0. The highest BCUT2D eigenvalue weighted by molar-refractivity contribution is 6.10. The minimum absolute atomic E-state index is 0.0651. The number of primary amides is 1. The number of carbonyl (C=O) groups excluding carboxylic acids is 1. The molecule has 0 heterocycles. The van der Waals surface area contributed by atoms with Crippen LogP contribution in [0, 0.1) is 32.8 Å². The van der Waals surface area contributed by atoms with E-state index in [1.165, 1.54) is 24.3 Å². The first-order valence-electron chi connectivity index (χ1n) is 4.72. The van der Waals surface area contributed by atoms with E-state index in [4.69, 9.17) is 16.3 Å². The zero-order chi connectivity index (χ0) is 14.4. The number of rotatable bonds is 4. The summed E-state index contributed by atoms with van der Waals surface area (Å²) in [6, 6.07) is 6.69. The first-order valence-corrected chi connectivity index (χ1v) is 4.72. The topological polar surface area (TPSA) is 158 Å². The van der Waals surface area contributed by atoms with Gasteiger partial charge in [0.2, 0.25) is 5.71 Å². The number of nitrogens with one attached hydrogen (secondary N) is 1. The molecule has 3 N–H and O–H groups in total. The van der Waals surface area contributed by atoms with Crippen molar-refractivity contribution in [3.8, 4) is 12.1 Å². The minimum Gasteiger partial charge on any atom is -0.365 e. The van der Waals surface area contributed by atoms with Gasteiger partial charge in [-0.05, 0) is 6.07 Å². The third-order valence-electron chi connectivity index (χ3n) is 1.99. The van der Waals surface area contributed by atoms with E-state index in [1.54, 1.807) is 0 Å². The molecule has 0 bridgehead atoms. The molecule has 0 radical (unpaired) electrons. The maximum atomic E-state index is 11.2. The second-order valence-corrected chi connectivity index (χ2v) is 3.12. The van der Waals surface area contributed by atoms with Crippen molar-refractivity contribution in [2.75, 3.05) is 5.43 Å². The lowest BCUT2D eigenvalue weighted by Crippen LogP contribution is -2.15. The molecular formula is C10H6N6O3. The van der Waals surface area contributed by atoms with Crippen molar-refractivity contribution in [2.45, 2.75) is 0 Å². The van der Waals surface area contributed by atoms with Gasteiger partial charge in [0.25, 0.3) is 11.6 Å². The number of nitrogens with two attached hydrogens (primary N) is 1. The largest absolute Gasteiger partial charge is 0.365 e. The molecule has 0 unspecified atom stereocenters. The van der Waals surface area contributed by atoms with Crippen LogP contribution < -0.4 is 11.2 Å². The predicted molar refractivity (Wildman–Crippen MR) is 63.9 cm³/mol. The Morgan fingerprint density at radius 2 is 2.05 bits per heavy atom. The standard InChI is InChI=1S/C10H6N6O3/c11-4-6(5-12)14-15-7-2-1-3-8(16(18)19)9(7)10(13)17/h1-3,15H,(H2,13,17). The van der Waals surface area contributed by atoms with E-state index in [0.29, 0.717) is 0 Å². The van der Waals surface area contributed by atoms with Crippen LogP contribution in [0.15, 0.2) is 23.3 Å². The number of carbonyl (C=O) groups is 1. The van der Waals surface area contributed by atoms with Gasteiger partial charge in [-0.1, -0.05) is 6.07 Å². The molecule has 0 atom stereocenters. The van der Waals surface area contributed by atoms with Gasteiger partial charge < -0.3 is 5.73 Å². The molecule has 9 nitrogen and oxygen atoms in total. The van der Waals surface area contributed by atoms with Crippen LogP contribution in [-0.4, -0.2) is 16.5 Å². The number of nitro groups is 1. The van der Waals surface area contributed by atoms with Crippen molar-refractivity contribution in [3.05, 3.63) is 33.9 Å². The Hall–Kier alpha value is -3.46. The Bertz CT molecular complexity index is 636. The summed E-state index contributed by atoms with van der Waals surface area (Å²) < 4.78 is 0. The summed E-state index contributed by atoms with van der Waals surface area (Å²) in [6.45, 7) is 0. The van der Waals surface area contributed by atoms with Crippen LogP contribution in [0.1, 0.15) is 10.4 Å². The average Bonchev–Trinajstić information content (AvgIpc) is 2.39. The molecule has 0 aliphatic heterocycles. The lowest BCUT2D eigenvalue weighted by molar-refractivity contribution is -0.385. The molecule has 0 aliphatic carbocycles. The fourth-order valence-corrected chi connectivity index (χ4v) is 1.24. The number of nitriles is 2. The summed E-state index contributed by atoms with van der Waals surface area (Å²) in [7, 11) is 0. The molecule has 0 aliphatic rings. The van der Waals surface area contributed by atoms with Gasteiger partial charge in [0, 0.05) is 6.07 Å². The van der Waals surface area contributed by atoms with Gasteiger partial charge in [-0.2, -0.15) is 15.6 Å². The van der Waals surface area contributed by atoms with Crippen LogP contribution in [0.4, 0.5) is 11.4 Å². The number of nitrogens with zero attached hydrogens (tertiary/aromatic N) is 4. The number of hydrazone groups is 1. The Balaban J connectivity index is 3.31. The Labute approximate surface area is 106 Å². The van der Waals surface area contributed by atoms with Gasteiger partial charge in [-0.3, -0.25) is 20.3 Å². The first kappa shape index (κ1) is 13.6. The quantitative estimate of drug-likeness (QED) is 0.454. The summed E-state index contributed by atoms with van der Waals surface area (Å²) in [5.74, 6) is -1.03. The van der Waals surface area contributed by atoms with E-state index >= 15 is 0 Å². The third kappa shape index (κ3) is 3.01. The fraction of sp³-hybridized carbons (Fsp3) is 0. The fourth-order valence-electron chi connectivity index (χ4n) is 1.24. The van der Waals surface area contributed by atoms with Gasteiger partial charge in [0.05, 0.1) is 10.6 Å². The van der Waals surface area contributed by atoms with E-state index in [1.807, 2.05) is 0 Å². The predicted octanol–water partition coefficient (Wildman–Crippen LogP) is 0.509. The summed E-state index contributed by atoms with van der Waals surface area (Å²) >= 11 is 0. The molecule has 94 valence electrons. The number of anilines is 1. The van der Waals surface area contributed by atoms with Crippen LogP contribution in [0.25, 0.3) is 0 Å². The van der Waals surface area contributed by atoms with Gasteiger partial charge >= 0.3 is 0 Å². The van der Waals surface area contributed by atoms with Crippen molar-refractivity contribution in [1.29, 1.82) is 10.5 Å². The van der Waals surface area contributed by atoms with Gasteiger partial charge in [-0.15, -0.1) is 0 Å². The summed E-state index contributed by atoms with van der Waals surface area (Å²) in [4.78, 5) is 21.2. The van der Waals surface area contributed by atoms with Gasteiger partial charge in [0.1, 0.15) is 17.7 Å². The number of nitro benzene ring substituents is 1. The second kappa shape index (κ2) is 5.75. The van der Waals surface area contributed by atoms with E-state index in [-0.39, 0.29) is 11.3 Å². The van der Waals surface area contributed by atoms with Gasteiger partial charge in [-0.25, -0.2) is 0 Å². The Morgan fingerprint density at radius 1 is 1.42 bits per heavy atom. The maximum Gasteiger partial charge on any atom is 0.284 e. The second-order valence-electron chi connectivity index (χ2n) is 3.12. The van der Waals surface area contributed by atoms with Crippen molar-refractivity contribution in [2.24, 2.45) is 10.8 Å². The molecule has 1 amide bonds. The normalized spacial score (nSPS) is 8.74. The molecule has 9 heteroatoms. The van der Waals surface area contributed by atoms with Crippen LogP contribution in [0.3, 0.4) is 0 Å². The van der Waals surface area contributed by atoms with Crippen LogP contribution >= 0.6 is 0 Å². The Kier molecular flexibility index (Phi) is 4.11. The monoisotopic (exact) mass is 258 g/mol. The van der Waals surface area contributed by atoms with E-state index < -0.39 is 22.2 Å². The lowest BCUT2D eigenvalue weighted by Gasteiger charge is -2.05. The molecule has 0 fully saturated rings. The molecule has 1 rings (SSSR count). The van der Waals surface area contributed by atoms with Crippen molar-refractivity contribution < 1.29 is 9.72 Å². The van der Waals surface area contributed by atoms with E-state index in [2.05, 4.69) is 10.5 Å². The highest BCUT2D eigenvalue weighted by Gasteiger charge is 2.21. The van der Waals surface area contributed by atoms with Crippen LogP contribution in [-0.2, 0) is 0 Å². The number of hydrogen-bond donors (Lipinski definition) is 2. The Morgan fingerprint density at radius 3 is 2.53 bits per heavy atom. The van der Waals surface area contributed by atoms with E-state index in [9.17, 15) is 14.9 Å². The molecule has 1 aromatic carbocycles. The third-order valence-corrected chi connectivity index (χ3v) is 1.99. The summed E-state index contributed by atoms with van der Waals surface area (Å²) in [5, 5.41) is 31.1. The molecule has 0 aromatic heterocycles.